The van der Waals surface area contributed by atoms with Crippen molar-refractivity contribution in [3.63, 3.8) is 0 Å². The van der Waals surface area contributed by atoms with Crippen LogP contribution >= 0.6 is 0 Å². The zero-order valence-corrected chi connectivity index (χ0v) is 22.5. The van der Waals surface area contributed by atoms with Crippen molar-refractivity contribution >= 4 is 17.7 Å². The van der Waals surface area contributed by atoms with Gasteiger partial charge in [-0.3, -0.25) is 9.59 Å². The van der Waals surface area contributed by atoms with Crippen molar-refractivity contribution in [1.82, 2.24) is 0 Å². The number of carbonyl (C=O) groups is 3. The Kier molecular flexibility index (Phi) is 8.11. The Bertz CT molecular complexity index is 961. The smallest absolute Gasteiger partial charge is 0.335 e. The van der Waals surface area contributed by atoms with Crippen LogP contribution in [0.15, 0.2) is 0 Å². The molecule has 4 saturated carbocycles. The molecule has 1 unspecified atom stereocenters. The number of rotatable bonds is 6. The van der Waals surface area contributed by atoms with Crippen molar-refractivity contribution in [3.8, 4) is 0 Å². The van der Waals surface area contributed by atoms with E-state index < -0.39 is 60.8 Å². The van der Waals surface area contributed by atoms with Gasteiger partial charge in [0.1, 0.15) is 37.2 Å². The van der Waals surface area contributed by atoms with Gasteiger partial charge in [-0.25, -0.2) is 9.18 Å². The highest BCUT2D eigenvalue weighted by molar-refractivity contribution is 5.83. The predicted molar refractivity (Wildman–Crippen MR) is 132 cm³/mol. The van der Waals surface area contributed by atoms with Crippen LogP contribution in [0.25, 0.3) is 0 Å². The van der Waals surface area contributed by atoms with E-state index in [0.29, 0.717) is 18.8 Å². The highest BCUT2D eigenvalue weighted by atomic mass is 19.1. The van der Waals surface area contributed by atoms with Crippen LogP contribution in [-0.4, -0.2) is 87.7 Å². The number of ether oxygens (including phenoxy) is 3. The molecule has 4 N–H and O–H groups in total. The number of Topliss-reactive ketones (excluding diaryl/α,β-unsaturated/α-hetero) is 1. The molecule has 5 aliphatic rings. The summed E-state index contributed by atoms with van der Waals surface area (Å²) in [6.45, 7) is 2.96. The quantitative estimate of drug-likeness (QED) is 0.354. The largest absolute Gasteiger partial charge is 0.479 e. The molecular weight excluding hydrogens is 515 g/mol. The van der Waals surface area contributed by atoms with Gasteiger partial charge in [0.25, 0.3) is 0 Å². The Hall–Kier alpha value is -1.66. The third kappa shape index (κ3) is 5.14. The molecule has 5 rings (SSSR count). The monoisotopic (exact) mass is 556 g/mol. The molecule has 0 aromatic carbocycles. The van der Waals surface area contributed by atoms with E-state index in [0.717, 1.165) is 38.5 Å². The first-order valence-electron chi connectivity index (χ1n) is 14.3. The molecule has 1 saturated heterocycles. The number of hydrogen-bond acceptors (Lipinski definition) is 9. The number of carboxylic acid groups (broad SMARTS) is 1. The fourth-order valence-corrected chi connectivity index (χ4v) is 9.15. The van der Waals surface area contributed by atoms with Gasteiger partial charge in [0.15, 0.2) is 18.2 Å². The molecule has 4 aliphatic carbocycles. The molecule has 10 nitrogen and oxygen atoms in total. The van der Waals surface area contributed by atoms with Crippen LogP contribution in [0.3, 0.4) is 0 Å². The first kappa shape index (κ1) is 28.9. The fourth-order valence-electron chi connectivity index (χ4n) is 9.15. The van der Waals surface area contributed by atoms with Gasteiger partial charge in [0.05, 0.1) is 0 Å². The van der Waals surface area contributed by atoms with Crippen LogP contribution in [0.5, 0.6) is 0 Å². The SMILES string of the molecule is CC(=O)O[C@@H]1CC[C@H]2[C@@H](CC[C@@H]3[C@@H]2[C@H](F)C[C@]2(C)[C@@H](C(=O)COC4O[C@H](C(=O)O)[C@@H](O)[C@H](O)[C@H]4O)CC[C@@H]32)C1. The molecule has 11 heteroatoms. The number of ketones is 1. The zero-order valence-electron chi connectivity index (χ0n) is 22.5. The Morgan fingerprint density at radius 2 is 1.69 bits per heavy atom. The summed E-state index contributed by atoms with van der Waals surface area (Å²) in [5, 5.41) is 39.3. The molecule has 39 heavy (non-hydrogen) atoms. The Balaban J connectivity index is 1.23. The van der Waals surface area contributed by atoms with E-state index in [2.05, 4.69) is 0 Å². The van der Waals surface area contributed by atoms with Gasteiger partial charge in [0.2, 0.25) is 0 Å². The van der Waals surface area contributed by atoms with Gasteiger partial charge >= 0.3 is 11.9 Å². The van der Waals surface area contributed by atoms with Crippen molar-refractivity contribution in [1.29, 1.82) is 0 Å². The minimum Gasteiger partial charge on any atom is -0.479 e. The molecule has 14 atom stereocenters. The lowest BCUT2D eigenvalue weighted by atomic mass is 9.49. The maximum Gasteiger partial charge on any atom is 0.335 e. The highest BCUT2D eigenvalue weighted by Crippen LogP contribution is 2.65. The maximum atomic E-state index is 16.1. The summed E-state index contributed by atoms with van der Waals surface area (Å²) < 4.78 is 32.1. The molecule has 0 amide bonds. The summed E-state index contributed by atoms with van der Waals surface area (Å²) in [6.07, 6.45) is -3.89. The first-order chi connectivity index (χ1) is 18.4. The number of aliphatic hydroxyl groups excluding tert-OH is 3. The number of carbonyl (C=O) groups excluding carboxylic acids is 2. The van der Waals surface area contributed by atoms with Gasteiger partial charge < -0.3 is 34.6 Å². The molecule has 5 fully saturated rings. The van der Waals surface area contributed by atoms with Gasteiger partial charge in [0, 0.05) is 12.8 Å². The number of hydrogen-bond donors (Lipinski definition) is 4. The molecule has 0 bridgehead atoms. The second-order valence-electron chi connectivity index (χ2n) is 12.8. The average molecular weight is 557 g/mol. The minimum atomic E-state index is -1.84. The number of fused-ring (bicyclic) bond motifs is 5. The minimum absolute atomic E-state index is 0.0446. The zero-order chi connectivity index (χ0) is 28.2. The number of esters is 1. The van der Waals surface area contributed by atoms with Crippen LogP contribution in [0.2, 0.25) is 0 Å². The molecule has 0 spiro atoms. The number of aliphatic carboxylic acids is 1. The Labute approximate surface area is 227 Å². The van der Waals surface area contributed by atoms with Crippen LogP contribution in [0.1, 0.15) is 65.2 Å². The standard InChI is InChI=1S/C28H41FO10/c1-12(30)38-14-4-6-15-13(9-14)3-5-16-17-7-8-18(28(17,2)10-19(29)21(15)16)20(31)11-37-27-24(34)22(32)23(33)25(39-27)26(35)36/h13-19,21-25,27,32-34H,3-11H2,1-2H3,(H,35,36)/t13-,14+,15-,16-,17-,18+,19+,21+,22-,23-,24+,25-,27?,28-/m0/s1. The number of alkyl halides is 1. The number of carboxylic acids is 1. The van der Waals surface area contributed by atoms with E-state index in [-0.39, 0.29) is 41.5 Å². The topological polar surface area (TPSA) is 160 Å². The van der Waals surface area contributed by atoms with Crippen molar-refractivity contribution < 1.29 is 53.4 Å². The second-order valence-corrected chi connectivity index (χ2v) is 12.8. The lowest BCUT2D eigenvalue weighted by Crippen LogP contribution is -2.60. The van der Waals surface area contributed by atoms with Crippen LogP contribution in [0, 0.1) is 40.9 Å². The van der Waals surface area contributed by atoms with E-state index in [9.17, 15) is 34.8 Å². The van der Waals surface area contributed by atoms with E-state index in [4.69, 9.17) is 14.2 Å². The number of halogens is 1. The van der Waals surface area contributed by atoms with E-state index >= 15 is 4.39 Å². The highest BCUT2D eigenvalue weighted by Gasteiger charge is 2.61. The summed E-state index contributed by atoms with van der Waals surface area (Å²) >= 11 is 0. The van der Waals surface area contributed by atoms with Gasteiger partial charge in [-0.2, -0.15) is 0 Å². The first-order valence-corrected chi connectivity index (χ1v) is 14.3. The van der Waals surface area contributed by atoms with Crippen molar-refractivity contribution in [2.24, 2.45) is 40.9 Å². The van der Waals surface area contributed by atoms with Crippen LogP contribution < -0.4 is 0 Å². The van der Waals surface area contributed by atoms with Crippen molar-refractivity contribution in [2.45, 2.75) is 108 Å². The average Bonchev–Trinajstić information content (AvgIpc) is 3.22. The molecule has 0 aromatic heterocycles. The summed E-state index contributed by atoms with van der Waals surface area (Å²) in [5.41, 5.74) is -0.534. The fraction of sp³-hybridized carbons (Fsp3) is 0.893. The molecule has 220 valence electrons. The third-order valence-electron chi connectivity index (χ3n) is 10.8. The lowest BCUT2D eigenvalue weighted by Gasteiger charge is -2.57. The maximum absolute atomic E-state index is 16.1. The summed E-state index contributed by atoms with van der Waals surface area (Å²) in [4.78, 5) is 36.2. The Morgan fingerprint density at radius 3 is 2.38 bits per heavy atom. The molecule has 0 radical (unpaired) electrons. The third-order valence-corrected chi connectivity index (χ3v) is 10.8. The van der Waals surface area contributed by atoms with E-state index in [1.807, 2.05) is 6.92 Å². The molecule has 1 aliphatic heterocycles. The number of aliphatic hydroxyl groups is 3. The lowest BCUT2D eigenvalue weighted by molar-refractivity contribution is -0.292. The predicted octanol–water partition coefficient (Wildman–Crippen LogP) is 1.61. The van der Waals surface area contributed by atoms with Crippen molar-refractivity contribution in [2.75, 3.05) is 6.61 Å². The summed E-state index contributed by atoms with van der Waals surface area (Å²) in [6, 6.07) is 0. The summed E-state index contributed by atoms with van der Waals surface area (Å²) in [5.74, 6) is -1.52. The van der Waals surface area contributed by atoms with E-state index in [1.165, 1.54) is 6.92 Å². The molecular formula is C28H41FO10. The van der Waals surface area contributed by atoms with Crippen molar-refractivity contribution in [3.05, 3.63) is 0 Å². The van der Waals surface area contributed by atoms with Crippen LogP contribution in [-0.2, 0) is 28.6 Å². The second kappa shape index (κ2) is 11.0. The normalized spacial score (nSPS) is 49.3. The van der Waals surface area contributed by atoms with E-state index in [1.54, 1.807) is 0 Å². The van der Waals surface area contributed by atoms with Gasteiger partial charge in [-0.05, 0) is 86.4 Å². The Morgan fingerprint density at radius 1 is 0.974 bits per heavy atom. The van der Waals surface area contributed by atoms with Gasteiger partial charge in [-0.15, -0.1) is 0 Å². The molecule has 1 heterocycles. The molecule has 0 aromatic rings. The van der Waals surface area contributed by atoms with Crippen LogP contribution in [0.4, 0.5) is 4.39 Å². The van der Waals surface area contributed by atoms with Gasteiger partial charge in [-0.1, -0.05) is 6.92 Å². The summed E-state index contributed by atoms with van der Waals surface area (Å²) in [7, 11) is 0.